The number of nitrogens with zero attached hydrogens (tertiary/aromatic N) is 2. The lowest BCUT2D eigenvalue weighted by molar-refractivity contribution is 0.295. The van der Waals surface area contributed by atoms with Gasteiger partial charge in [-0.3, -0.25) is 4.68 Å². The van der Waals surface area contributed by atoms with Crippen LogP contribution < -0.4 is 10.5 Å². The maximum atomic E-state index is 6.27. The second-order valence-electron chi connectivity index (χ2n) is 4.49. The highest BCUT2D eigenvalue weighted by molar-refractivity contribution is 6.31. The fourth-order valence-electron chi connectivity index (χ4n) is 1.87. The van der Waals surface area contributed by atoms with Crippen LogP contribution in [0.15, 0.2) is 18.2 Å². The lowest BCUT2D eigenvalue weighted by Crippen LogP contribution is -2.04. The van der Waals surface area contributed by atoms with Crippen LogP contribution in [0.25, 0.3) is 0 Å². The number of anilines is 1. The van der Waals surface area contributed by atoms with Crippen LogP contribution in [0, 0.1) is 6.92 Å². The Kier molecular flexibility index (Phi) is 4.00. The minimum Gasteiger partial charge on any atom is -0.487 e. The molecule has 0 unspecified atom stereocenters. The molecule has 1 aromatic heterocycles. The molecule has 0 aliphatic heterocycles. The standard InChI is InChI=1S/C14H18ClN3O/c1-4-12-14(15)13(18(3)17-12)8-19-10-5-6-11(16)9(2)7-10/h5-7H,4,8,16H2,1-3H3. The summed E-state index contributed by atoms with van der Waals surface area (Å²) in [6.07, 6.45) is 0.813. The SMILES string of the molecule is CCc1nn(C)c(COc2ccc(N)c(C)c2)c1Cl. The third-order valence-electron chi connectivity index (χ3n) is 3.12. The summed E-state index contributed by atoms with van der Waals surface area (Å²) < 4.78 is 7.52. The molecule has 1 heterocycles. The second kappa shape index (κ2) is 5.53. The molecule has 0 amide bonds. The quantitative estimate of drug-likeness (QED) is 0.875. The maximum Gasteiger partial charge on any atom is 0.131 e. The Balaban J connectivity index is 2.14. The molecule has 4 nitrogen and oxygen atoms in total. The summed E-state index contributed by atoms with van der Waals surface area (Å²) in [7, 11) is 1.87. The van der Waals surface area contributed by atoms with Gasteiger partial charge in [0.05, 0.1) is 16.4 Å². The third kappa shape index (κ3) is 2.84. The van der Waals surface area contributed by atoms with Crippen LogP contribution >= 0.6 is 11.6 Å². The van der Waals surface area contributed by atoms with Crippen LogP contribution in [-0.2, 0) is 20.1 Å². The lowest BCUT2D eigenvalue weighted by atomic mass is 10.2. The van der Waals surface area contributed by atoms with Gasteiger partial charge >= 0.3 is 0 Å². The van der Waals surface area contributed by atoms with E-state index in [2.05, 4.69) is 5.10 Å². The van der Waals surface area contributed by atoms with Gasteiger partial charge < -0.3 is 10.5 Å². The van der Waals surface area contributed by atoms with E-state index in [1.807, 2.05) is 39.1 Å². The van der Waals surface area contributed by atoms with Crippen molar-refractivity contribution in [3.8, 4) is 5.75 Å². The molecule has 2 N–H and O–H groups in total. The Labute approximate surface area is 118 Å². The number of nitrogen functional groups attached to an aromatic ring is 1. The fourth-order valence-corrected chi connectivity index (χ4v) is 2.21. The smallest absolute Gasteiger partial charge is 0.131 e. The zero-order valence-electron chi connectivity index (χ0n) is 11.4. The predicted octanol–water partition coefficient (Wildman–Crippen LogP) is 3.11. The normalized spacial score (nSPS) is 10.7. The van der Waals surface area contributed by atoms with Crippen molar-refractivity contribution >= 4 is 17.3 Å². The number of hydrogen-bond acceptors (Lipinski definition) is 3. The van der Waals surface area contributed by atoms with Gasteiger partial charge in [-0.2, -0.15) is 5.10 Å². The highest BCUT2D eigenvalue weighted by Gasteiger charge is 2.13. The van der Waals surface area contributed by atoms with Crippen molar-refractivity contribution in [1.82, 2.24) is 9.78 Å². The molecule has 0 radical (unpaired) electrons. The zero-order valence-corrected chi connectivity index (χ0v) is 12.2. The Morgan fingerprint density at radius 1 is 1.42 bits per heavy atom. The monoisotopic (exact) mass is 279 g/mol. The summed E-state index contributed by atoms with van der Waals surface area (Å²) in [4.78, 5) is 0. The molecule has 0 saturated carbocycles. The van der Waals surface area contributed by atoms with Crippen molar-refractivity contribution < 1.29 is 4.74 Å². The van der Waals surface area contributed by atoms with Crippen molar-refractivity contribution in [2.45, 2.75) is 26.9 Å². The van der Waals surface area contributed by atoms with E-state index in [1.165, 1.54) is 0 Å². The van der Waals surface area contributed by atoms with E-state index < -0.39 is 0 Å². The van der Waals surface area contributed by atoms with E-state index in [-0.39, 0.29) is 0 Å². The maximum absolute atomic E-state index is 6.27. The average molecular weight is 280 g/mol. The van der Waals surface area contributed by atoms with Gasteiger partial charge in [0, 0.05) is 12.7 Å². The Hall–Kier alpha value is -1.68. The minimum absolute atomic E-state index is 0.395. The Morgan fingerprint density at radius 3 is 2.74 bits per heavy atom. The van der Waals surface area contributed by atoms with Crippen LogP contribution in [-0.4, -0.2) is 9.78 Å². The van der Waals surface area contributed by atoms with Crippen molar-refractivity contribution in [2.24, 2.45) is 7.05 Å². The topological polar surface area (TPSA) is 53.1 Å². The molecule has 0 spiro atoms. The van der Waals surface area contributed by atoms with E-state index in [0.29, 0.717) is 11.6 Å². The van der Waals surface area contributed by atoms with Crippen LogP contribution in [0.5, 0.6) is 5.75 Å². The molecular formula is C14H18ClN3O. The first-order chi connectivity index (χ1) is 9.02. The number of ether oxygens (including phenoxy) is 1. The summed E-state index contributed by atoms with van der Waals surface area (Å²) in [6.45, 7) is 4.38. The highest BCUT2D eigenvalue weighted by Crippen LogP contribution is 2.24. The van der Waals surface area contributed by atoms with E-state index in [1.54, 1.807) is 4.68 Å². The number of hydrogen-bond donors (Lipinski definition) is 1. The highest BCUT2D eigenvalue weighted by atomic mass is 35.5. The molecule has 0 fully saturated rings. The number of nitrogens with two attached hydrogens (primary N) is 1. The van der Waals surface area contributed by atoms with Crippen molar-refractivity contribution in [1.29, 1.82) is 0 Å². The molecule has 0 aliphatic carbocycles. The summed E-state index contributed by atoms with van der Waals surface area (Å²) in [5.41, 5.74) is 9.32. The summed E-state index contributed by atoms with van der Waals surface area (Å²) in [5, 5.41) is 5.05. The number of rotatable bonds is 4. The van der Waals surface area contributed by atoms with Gasteiger partial charge in [-0.1, -0.05) is 18.5 Å². The largest absolute Gasteiger partial charge is 0.487 e. The molecule has 2 aromatic rings. The van der Waals surface area contributed by atoms with Crippen molar-refractivity contribution in [3.05, 3.63) is 40.2 Å². The van der Waals surface area contributed by atoms with Gasteiger partial charge in [0.25, 0.3) is 0 Å². The third-order valence-corrected chi connectivity index (χ3v) is 3.56. The molecule has 2 rings (SSSR count). The number of benzene rings is 1. The van der Waals surface area contributed by atoms with Gasteiger partial charge in [-0.25, -0.2) is 0 Å². The summed E-state index contributed by atoms with van der Waals surface area (Å²) in [6, 6.07) is 5.61. The first-order valence-corrected chi connectivity index (χ1v) is 6.60. The molecule has 5 heteroatoms. The molecule has 0 atom stereocenters. The Bertz CT molecular complexity index is 593. The Morgan fingerprint density at radius 2 is 2.16 bits per heavy atom. The van der Waals surface area contributed by atoms with Crippen LogP contribution in [0.2, 0.25) is 5.02 Å². The van der Waals surface area contributed by atoms with Crippen LogP contribution in [0.1, 0.15) is 23.9 Å². The lowest BCUT2D eigenvalue weighted by Gasteiger charge is -2.08. The van der Waals surface area contributed by atoms with E-state index >= 15 is 0 Å². The van der Waals surface area contributed by atoms with E-state index in [4.69, 9.17) is 22.1 Å². The zero-order chi connectivity index (χ0) is 14.0. The van der Waals surface area contributed by atoms with Crippen LogP contribution in [0.3, 0.4) is 0 Å². The minimum atomic E-state index is 0.395. The van der Waals surface area contributed by atoms with E-state index in [0.717, 1.165) is 34.8 Å². The molecule has 0 saturated heterocycles. The number of halogens is 1. The fraction of sp³-hybridized carbons (Fsp3) is 0.357. The molecule has 102 valence electrons. The van der Waals surface area contributed by atoms with Crippen LogP contribution in [0.4, 0.5) is 5.69 Å². The van der Waals surface area contributed by atoms with Gasteiger partial charge in [0.2, 0.25) is 0 Å². The summed E-state index contributed by atoms with van der Waals surface area (Å²) >= 11 is 6.27. The van der Waals surface area contributed by atoms with Gasteiger partial charge in [0.1, 0.15) is 12.4 Å². The number of aryl methyl sites for hydroxylation is 3. The van der Waals surface area contributed by atoms with Gasteiger partial charge in [-0.05, 0) is 37.1 Å². The molecule has 19 heavy (non-hydrogen) atoms. The summed E-state index contributed by atoms with van der Waals surface area (Å²) in [5.74, 6) is 0.780. The first kappa shape index (κ1) is 13.7. The average Bonchev–Trinajstić information content (AvgIpc) is 2.66. The van der Waals surface area contributed by atoms with Crippen molar-refractivity contribution in [2.75, 3.05) is 5.73 Å². The predicted molar refractivity (Wildman–Crippen MR) is 77.5 cm³/mol. The first-order valence-electron chi connectivity index (χ1n) is 6.22. The second-order valence-corrected chi connectivity index (χ2v) is 4.87. The van der Waals surface area contributed by atoms with Crippen molar-refractivity contribution in [3.63, 3.8) is 0 Å². The van der Waals surface area contributed by atoms with Gasteiger partial charge in [0.15, 0.2) is 0 Å². The van der Waals surface area contributed by atoms with Gasteiger partial charge in [-0.15, -0.1) is 0 Å². The molecule has 0 bridgehead atoms. The van der Waals surface area contributed by atoms with E-state index in [9.17, 15) is 0 Å². The molecular weight excluding hydrogens is 262 g/mol. The number of aromatic nitrogens is 2. The molecule has 1 aromatic carbocycles. The molecule has 0 aliphatic rings.